The molecule has 0 fully saturated rings. The van der Waals surface area contributed by atoms with Crippen LogP contribution in [0.2, 0.25) is 5.02 Å². The lowest BCUT2D eigenvalue weighted by Gasteiger charge is -2.30. The molecule has 1 aliphatic rings. The summed E-state index contributed by atoms with van der Waals surface area (Å²) in [5.74, 6) is 1.22. The van der Waals surface area contributed by atoms with E-state index in [9.17, 15) is 4.79 Å². The van der Waals surface area contributed by atoms with Gasteiger partial charge < -0.3 is 4.74 Å². The van der Waals surface area contributed by atoms with Crippen LogP contribution in [0, 0.1) is 0 Å². The molecule has 4 rings (SSSR count). The Hall–Kier alpha value is -2.64. The van der Waals surface area contributed by atoms with Crippen LogP contribution in [0.5, 0.6) is 5.88 Å². The summed E-state index contributed by atoms with van der Waals surface area (Å²) in [5.41, 5.74) is 2.81. The molecule has 3 aromatic rings. The van der Waals surface area contributed by atoms with Gasteiger partial charge in [0.2, 0.25) is 23.2 Å². The highest BCUT2D eigenvalue weighted by Gasteiger charge is 2.35. The average Bonchev–Trinajstić information content (AvgIpc) is 2.93. The summed E-state index contributed by atoms with van der Waals surface area (Å²) in [6, 6.07) is 14.9. The molecule has 0 N–H and O–H groups in total. The van der Waals surface area contributed by atoms with E-state index in [1.807, 2.05) is 43.3 Å². The Morgan fingerprint density at radius 1 is 1.13 bits per heavy atom. The quantitative estimate of drug-likeness (QED) is 0.340. The third-order valence-corrected chi connectivity index (χ3v) is 6.14. The highest BCUT2D eigenvalue weighted by atomic mass is 35.5. The van der Waals surface area contributed by atoms with Gasteiger partial charge in [-0.3, -0.25) is 9.69 Å². The summed E-state index contributed by atoms with van der Waals surface area (Å²) in [4.78, 5) is 19.4. The zero-order valence-corrected chi connectivity index (χ0v) is 19.0. The van der Waals surface area contributed by atoms with Crippen molar-refractivity contribution in [2.45, 2.75) is 44.5 Å². The number of hydrogen-bond donors (Lipinski definition) is 0. The lowest BCUT2D eigenvalue weighted by atomic mass is 10.1. The molecule has 1 atom stereocenters. The number of ether oxygens (including phenoxy) is 1. The van der Waals surface area contributed by atoms with Crippen LogP contribution in [0.15, 0.2) is 53.7 Å². The van der Waals surface area contributed by atoms with Gasteiger partial charge in [0.25, 0.3) is 0 Å². The van der Waals surface area contributed by atoms with E-state index in [0.29, 0.717) is 28.2 Å². The Labute approximate surface area is 191 Å². The smallest absolute Gasteiger partial charge is 0.247 e. The molecule has 2 aromatic carbocycles. The normalized spacial score (nSPS) is 14.9. The van der Waals surface area contributed by atoms with Crippen LogP contribution in [-0.2, 0) is 4.79 Å². The Kier molecular flexibility index (Phi) is 6.73. The first-order chi connectivity index (χ1) is 15.1. The zero-order chi connectivity index (χ0) is 21.8. The summed E-state index contributed by atoms with van der Waals surface area (Å²) < 4.78 is 6.38. The lowest BCUT2D eigenvalue weighted by molar-refractivity contribution is -0.120. The molecule has 0 spiro atoms. The van der Waals surface area contributed by atoms with Crippen molar-refractivity contribution in [3.63, 3.8) is 0 Å². The molecule has 1 aromatic heterocycles. The summed E-state index contributed by atoms with van der Waals surface area (Å²) in [6.07, 6.45) is 1.80. The van der Waals surface area contributed by atoms with Crippen molar-refractivity contribution >= 4 is 35.0 Å². The molecule has 6 nitrogen and oxygen atoms in total. The zero-order valence-electron chi connectivity index (χ0n) is 17.4. The van der Waals surface area contributed by atoms with Gasteiger partial charge in [0.1, 0.15) is 0 Å². The first-order valence-electron chi connectivity index (χ1n) is 10.3. The number of fused-ring (bicyclic) bond motifs is 3. The van der Waals surface area contributed by atoms with Gasteiger partial charge >= 0.3 is 0 Å². The molecule has 160 valence electrons. The second-order valence-corrected chi connectivity index (χ2v) is 8.60. The molecular weight excluding hydrogens is 432 g/mol. The van der Waals surface area contributed by atoms with E-state index in [-0.39, 0.29) is 5.91 Å². The fourth-order valence-corrected chi connectivity index (χ4v) is 4.35. The molecule has 0 saturated carbocycles. The van der Waals surface area contributed by atoms with Crippen LogP contribution in [0.25, 0.3) is 11.3 Å². The number of hydrogen-bond acceptors (Lipinski definition) is 6. The summed E-state index contributed by atoms with van der Waals surface area (Å²) in [7, 11) is 0. The number of aromatic nitrogens is 3. The number of carbonyl (C=O) groups excluding carboxylic acids is 1. The predicted molar refractivity (Wildman–Crippen MR) is 123 cm³/mol. The number of thioether (sulfide) groups is 1. The Morgan fingerprint density at radius 3 is 2.65 bits per heavy atom. The molecule has 0 bridgehead atoms. The monoisotopic (exact) mass is 454 g/mol. The van der Waals surface area contributed by atoms with E-state index in [0.717, 1.165) is 35.4 Å². The van der Waals surface area contributed by atoms with Gasteiger partial charge in [-0.1, -0.05) is 74.0 Å². The number of halogens is 1. The van der Waals surface area contributed by atoms with Crippen molar-refractivity contribution < 1.29 is 9.53 Å². The van der Waals surface area contributed by atoms with E-state index < -0.39 is 6.23 Å². The van der Waals surface area contributed by atoms with Crippen molar-refractivity contribution in [1.29, 1.82) is 0 Å². The van der Waals surface area contributed by atoms with Gasteiger partial charge in [0.15, 0.2) is 5.69 Å². The topological polar surface area (TPSA) is 68.2 Å². The number of para-hydroxylation sites is 1. The molecule has 8 heteroatoms. The maximum absolute atomic E-state index is 13.1. The Bertz CT molecular complexity index is 1080. The number of benzene rings is 2. The van der Waals surface area contributed by atoms with E-state index in [1.54, 1.807) is 28.8 Å². The number of anilines is 1. The first-order valence-corrected chi connectivity index (χ1v) is 11.7. The minimum absolute atomic E-state index is 0.0642. The highest BCUT2D eigenvalue weighted by molar-refractivity contribution is 7.99. The average molecular weight is 455 g/mol. The van der Waals surface area contributed by atoms with Crippen molar-refractivity contribution in [3.05, 3.63) is 59.1 Å². The lowest BCUT2D eigenvalue weighted by Crippen LogP contribution is -2.37. The predicted octanol–water partition coefficient (Wildman–Crippen LogP) is 5.92. The minimum atomic E-state index is -0.697. The van der Waals surface area contributed by atoms with Crippen molar-refractivity contribution in [3.8, 4) is 17.1 Å². The fraction of sp³-hybridized carbons (Fsp3) is 0.304. The maximum atomic E-state index is 13.1. The third kappa shape index (κ3) is 4.52. The van der Waals surface area contributed by atoms with Crippen LogP contribution in [0.4, 0.5) is 5.69 Å². The SMILES string of the molecule is CCCCSc1nnc2c(n1)O[C@@H](c1ccc(Cl)cc1)N(C(=O)CC)c1ccccc1-2. The molecule has 0 unspecified atom stereocenters. The second-order valence-electron chi connectivity index (χ2n) is 7.11. The van der Waals surface area contributed by atoms with Gasteiger partial charge in [0.05, 0.1) is 5.69 Å². The second kappa shape index (κ2) is 9.66. The largest absolute Gasteiger partial charge is 0.447 e. The fourth-order valence-electron chi connectivity index (χ4n) is 3.37. The van der Waals surface area contributed by atoms with E-state index in [1.165, 1.54) is 0 Å². The van der Waals surface area contributed by atoms with E-state index in [4.69, 9.17) is 16.3 Å². The summed E-state index contributed by atoms with van der Waals surface area (Å²) in [6.45, 7) is 3.98. The molecule has 0 radical (unpaired) electrons. The molecule has 1 aliphatic heterocycles. The van der Waals surface area contributed by atoms with Crippen LogP contribution < -0.4 is 9.64 Å². The molecule has 0 saturated heterocycles. The highest BCUT2D eigenvalue weighted by Crippen LogP contribution is 2.43. The Balaban J connectivity index is 1.85. The minimum Gasteiger partial charge on any atom is -0.447 e. The van der Waals surface area contributed by atoms with Crippen molar-refractivity contribution in [2.75, 3.05) is 10.7 Å². The van der Waals surface area contributed by atoms with Crippen molar-refractivity contribution in [1.82, 2.24) is 15.2 Å². The molecule has 1 amide bonds. The molecule has 0 aliphatic carbocycles. The van der Waals surface area contributed by atoms with Crippen molar-refractivity contribution in [2.24, 2.45) is 0 Å². The number of unbranched alkanes of at least 4 members (excludes halogenated alkanes) is 1. The maximum Gasteiger partial charge on any atom is 0.247 e. The number of carbonyl (C=O) groups is 1. The molecule has 2 heterocycles. The number of nitrogens with zero attached hydrogens (tertiary/aromatic N) is 4. The number of rotatable bonds is 6. The van der Waals surface area contributed by atoms with Gasteiger partial charge in [-0.05, 0) is 24.6 Å². The van der Waals surface area contributed by atoms with Crippen LogP contribution >= 0.6 is 23.4 Å². The van der Waals surface area contributed by atoms with E-state index in [2.05, 4.69) is 22.1 Å². The van der Waals surface area contributed by atoms with Crippen LogP contribution in [0.1, 0.15) is 44.9 Å². The van der Waals surface area contributed by atoms with E-state index >= 15 is 0 Å². The van der Waals surface area contributed by atoms with Crippen LogP contribution in [0.3, 0.4) is 0 Å². The Morgan fingerprint density at radius 2 is 1.90 bits per heavy atom. The molecule has 31 heavy (non-hydrogen) atoms. The van der Waals surface area contributed by atoms with Crippen LogP contribution in [-0.4, -0.2) is 26.8 Å². The molecular formula is C23H23ClN4O2S. The first kappa shape index (κ1) is 21.6. The summed E-state index contributed by atoms with van der Waals surface area (Å²) >= 11 is 7.65. The third-order valence-electron chi connectivity index (χ3n) is 4.97. The number of amides is 1. The van der Waals surface area contributed by atoms with Gasteiger partial charge in [0, 0.05) is 28.3 Å². The van der Waals surface area contributed by atoms with Gasteiger partial charge in [-0.2, -0.15) is 4.98 Å². The standard InChI is InChI=1S/C23H23ClN4O2S/c1-3-5-14-31-23-25-21-20(26-27-23)17-8-6-7-9-18(17)28(19(29)4-2)22(30-21)15-10-12-16(24)13-11-15/h6-13,22H,3-5,14H2,1-2H3/t22-/m0/s1. The summed E-state index contributed by atoms with van der Waals surface area (Å²) in [5, 5.41) is 9.93. The van der Waals surface area contributed by atoms with Gasteiger partial charge in [-0.25, -0.2) is 0 Å². The van der Waals surface area contributed by atoms with Gasteiger partial charge in [-0.15, -0.1) is 10.2 Å².